The Morgan fingerprint density at radius 1 is 1.57 bits per heavy atom. The third-order valence-electron chi connectivity index (χ3n) is 2.40. The molecule has 0 amide bonds. The summed E-state index contributed by atoms with van der Waals surface area (Å²) in [7, 11) is -1.82. The second kappa shape index (κ2) is 3.86. The first-order valence-electron chi connectivity index (χ1n) is 4.49. The molecule has 0 spiro atoms. The van der Waals surface area contributed by atoms with Crippen molar-refractivity contribution in [1.29, 1.82) is 0 Å². The maximum atomic E-state index is 11.5. The molecule has 5 nitrogen and oxygen atoms in total. The maximum Gasteiger partial charge on any atom is 0.327 e. The van der Waals surface area contributed by atoms with Gasteiger partial charge < -0.3 is 10.1 Å². The first-order chi connectivity index (χ1) is 6.46. The van der Waals surface area contributed by atoms with Crippen LogP contribution in [0.4, 0.5) is 0 Å². The van der Waals surface area contributed by atoms with Crippen LogP contribution in [0.5, 0.6) is 0 Å². The highest BCUT2D eigenvalue weighted by molar-refractivity contribution is 7.91. The molecular weight excluding hydrogens is 206 g/mol. The van der Waals surface area contributed by atoms with Crippen LogP contribution in [0, 0.1) is 0 Å². The molecule has 0 aromatic heterocycles. The van der Waals surface area contributed by atoms with Crippen molar-refractivity contribution >= 4 is 15.8 Å². The van der Waals surface area contributed by atoms with Gasteiger partial charge in [-0.15, -0.1) is 0 Å². The molecule has 0 aromatic carbocycles. The summed E-state index contributed by atoms with van der Waals surface area (Å²) in [5.41, 5.74) is -1.01. The molecule has 1 aliphatic rings. The van der Waals surface area contributed by atoms with Crippen molar-refractivity contribution in [3.8, 4) is 0 Å². The summed E-state index contributed by atoms with van der Waals surface area (Å²) in [5.74, 6) is -0.587. The van der Waals surface area contributed by atoms with E-state index in [2.05, 4.69) is 10.1 Å². The summed E-state index contributed by atoms with van der Waals surface area (Å²) >= 11 is 0. The largest absolute Gasteiger partial charge is 0.468 e. The molecule has 1 unspecified atom stereocenters. The SMILES string of the molecule is CCNC1(C(=O)OC)CCS(=O)(=O)C1. The van der Waals surface area contributed by atoms with Crippen molar-refractivity contribution < 1.29 is 17.9 Å². The molecule has 1 N–H and O–H groups in total. The van der Waals surface area contributed by atoms with Gasteiger partial charge in [0.15, 0.2) is 9.84 Å². The fraction of sp³-hybridized carbons (Fsp3) is 0.875. The van der Waals surface area contributed by atoms with Crippen LogP contribution in [0.3, 0.4) is 0 Å². The van der Waals surface area contributed by atoms with Crippen molar-refractivity contribution in [3.63, 3.8) is 0 Å². The lowest BCUT2D eigenvalue weighted by molar-refractivity contribution is -0.147. The molecule has 0 radical (unpaired) electrons. The van der Waals surface area contributed by atoms with E-state index in [9.17, 15) is 13.2 Å². The molecule has 1 atom stereocenters. The highest BCUT2D eigenvalue weighted by atomic mass is 32.2. The van der Waals surface area contributed by atoms with Crippen LogP contribution in [-0.4, -0.2) is 45.1 Å². The predicted molar refractivity (Wildman–Crippen MR) is 51.7 cm³/mol. The van der Waals surface area contributed by atoms with Gasteiger partial charge in [0.25, 0.3) is 0 Å². The van der Waals surface area contributed by atoms with Crippen LogP contribution in [-0.2, 0) is 19.4 Å². The first kappa shape index (κ1) is 11.5. The van der Waals surface area contributed by atoms with Gasteiger partial charge in [-0.2, -0.15) is 0 Å². The Hall–Kier alpha value is -0.620. The highest BCUT2D eigenvalue weighted by Crippen LogP contribution is 2.24. The minimum Gasteiger partial charge on any atom is -0.468 e. The zero-order valence-corrected chi connectivity index (χ0v) is 9.19. The van der Waals surface area contributed by atoms with Gasteiger partial charge in [0, 0.05) is 0 Å². The molecule has 0 aromatic rings. The van der Waals surface area contributed by atoms with E-state index in [0.717, 1.165) is 0 Å². The third kappa shape index (κ3) is 2.06. The van der Waals surface area contributed by atoms with E-state index < -0.39 is 21.3 Å². The van der Waals surface area contributed by atoms with Gasteiger partial charge in [0.05, 0.1) is 18.6 Å². The van der Waals surface area contributed by atoms with Gasteiger partial charge in [-0.05, 0) is 13.0 Å². The van der Waals surface area contributed by atoms with E-state index in [1.54, 1.807) is 0 Å². The molecule has 1 heterocycles. The van der Waals surface area contributed by atoms with Crippen molar-refractivity contribution in [2.75, 3.05) is 25.2 Å². The van der Waals surface area contributed by atoms with Crippen LogP contribution < -0.4 is 5.32 Å². The Labute approximate surface area is 83.7 Å². The second-order valence-corrected chi connectivity index (χ2v) is 5.63. The topological polar surface area (TPSA) is 72.5 Å². The number of methoxy groups -OCH3 is 1. The number of nitrogens with one attached hydrogen (secondary N) is 1. The summed E-state index contributed by atoms with van der Waals surface area (Å²) in [5, 5.41) is 2.91. The average Bonchev–Trinajstić information content (AvgIpc) is 2.42. The quantitative estimate of drug-likeness (QED) is 0.640. The van der Waals surface area contributed by atoms with Crippen LogP contribution >= 0.6 is 0 Å². The maximum absolute atomic E-state index is 11.5. The number of likely N-dealkylation sites (N-methyl/N-ethyl adjacent to an activating group) is 1. The number of carbonyl (C=O) groups is 1. The van der Waals surface area contributed by atoms with Crippen molar-refractivity contribution in [2.24, 2.45) is 0 Å². The molecule has 14 heavy (non-hydrogen) atoms. The van der Waals surface area contributed by atoms with Crippen molar-refractivity contribution in [3.05, 3.63) is 0 Å². The van der Waals surface area contributed by atoms with Gasteiger partial charge in [-0.3, -0.25) is 4.79 Å². The normalized spacial score (nSPS) is 30.1. The Morgan fingerprint density at radius 3 is 2.57 bits per heavy atom. The number of hydrogen-bond acceptors (Lipinski definition) is 5. The first-order valence-corrected chi connectivity index (χ1v) is 6.32. The Balaban J connectivity index is 2.91. The van der Waals surface area contributed by atoms with Crippen LogP contribution in [0.1, 0.15) is 13.3 Å². The number of rotatable bonds is 3. The zero-order valence-electron chi connectivity index (χ0n) is 8.37. The van der Waals surface area contributed by atoms with Crippen LogP contribution in [0.2, 0.25) is 0 Å². The third-order valence-corrected chi connectivity index (χ3v) is 4.16. The minimum atomic E-state index is -3.09. The van der Waals surface area contributed by atoms with E-state index in [-0.39, 0.29) is 11.5 Å². The van der Waals surface area contributed by atoms with Crippen LogP contribution in [0.15, 0.2) is 0 Å². The van der Waals surface area contributed by atoms with Crippen molar-refractivity contribution in [2.45, 2.75) is 18.9 Å². The fourth-order valence-electron chi connectivity index (χ4n) is 1.76. The summed E-state index contributed by atoms with van der Waals surface area (Å²) in [4.78, 5) is 11.5. The summed E-state index contributed by atoms with van der Waals surface area (Å²) in [6.07, 6.45) is 0.301. The molecular formula is C8H15NO4S. The lowest BCUT2D eigenvalue weighted by Crippen LogP contribution is -2.53. The van der Waals surface area contributed by atoms with Crippen LogP contribution in [0.25, 0.3) is 0 Å². The minimum absolute atomic E-state index is 0.0507. The predicted octanol–water partition coefficient (Wildman–Crippen LogP) is -0.674. The van der Waals surface area contributed by atoms with E-state index >= 15 is 0 Å². The van der Waals surface area contributed by atoms with E-state index in [1.807, 2.05) is 6.92 Å². The molecule has 0 bridgehead atoms. The van der Waals surface area contributed by atoms with E-state index in [1.165, 1.54) is 7.11 Å². The molecule has 0 aliphatic carbocycles. The number of carbonyl (C=O) groups excluding carboxylic acids is 1. The molecule has 1 saturated heterocycles. The van der Waals surface area contributed by atoms with Gasteiger partial charge in [-0.25, -0.2) is 8.42 Å². The molecule has 6 heteroatoms. The van der Waals surface area contributed by atoms with Crippen molar-refractivity contribution in [1.82, 2.24) is 5.32 Å². The zero-order chi connectivity index (χ0) is 10.8. The number of esters is 1. The van der Waals surface area contributed by atoms with E-state index in [0.29, 0.717) is 13.0 Å². The second-order valence-electron chi connectivity index (χ2n) is 3.45. The Kier molecular flexibility index (Phi) is 3.16. The fourth-order valence-corrected chi connectivity index (χ4v) is 3.67. The molecule has 82 valence electrons. The van der Waals surface area contributed by atoms with Gasteiger partial charge >= 0.3 is 5.97 Å². The van der Waals surface area contributed by atoms with Gasteiger partial charge in [0.2, 0.25) is 0 Å². The van der Waals surface area contributed by atoms with Gasteiger partial charge in [-0.1, -0.05) is 6.92 Å². The number of hydrogen-bond donors (Lipinski definition) is 1. The Morgan fingerprint density at radius 2 is 2.21 bits per heavy atom. The average molecular weight is 221 g/mol. The molecule has 1 rings (SSSR count). The summed E-state index contributed by atoms with van der Waals surface area (Å²) < 4.78 is 27.2. The monoisotopic (exact) mass is 221 g/mol. The molecule has 1 aliphatic heterocycles. The molecule has 0 saturated carbocycles. The van der Waals surface area contributed by atoms with E-state index in [4.69, 9.17) is 0 Å². The highest BCUT2D eigenvalue weighted by Gasteiger charge is 2.48. The lowest BCUT2D eigenvalue weighted by atomic mass is 9.99. The van der Waals surface area contributed by atoms with Gasteiger partial charge in [0.1, 0.15) is 5.54 Å². The summed E-state index contributed by atoms with van der Waals surface area (Å²) in [6.45, 7) is 2.38. The smallest absolute Gasteiger partial charge is 0.327 e. The Bertz CT molecular complexity index is 324. The number of ether oxygens (including phenoxy) is 1. The summed E-state index contributed by atoms with van der Waals surface area (Å²) in [6, 6.07) is 0. The molecule has 1 fully saturated rings. The number of sulfone groups is 1. The lowest BCUT2D eigenvalue weighted by Gasteiger charge is -2.24. The standard InChI is InChI=1S/C8H15NO4S/c1-3-9-8(7(10)13-2)4-5-14(11,12)6-8/h9H,3-6H2,1-2H3.